The highest BCUT2D eigenvalue weighted by Crippen LogP contribution is 2.36. The molecule has 3 rings (SSSR count). The topological polar surface area (TPSA) is 91.6 Å². The minimum atomic E-state index is -0.433. The molecule has 2 amide bonds. The number of fused-ring (bicyclic) bond motifs is 1. The van der Waals surface area contributed by atoms with E-state index in [4.69, 9.17) is 0 Å². The van der Waals surface area contributed by atoms with Gasteiger partial charge in [-0.3, -0.25) is 15.1 Å². The molecule has 2 aliphatic heterocycles. The van der Waals surface area contributed by atoms with Gasteiger partial charge in [-0.1, -0.05) is 0 Å². The predicted octanol–water partition coefficient (Wildman–Crippen LogP) is 0.966. The van der Waals surface area contributed by atoms with Crippen molar-refractivity contribution in [3.63, 3.8) is 0 Å². The quantitative estimate of drug-likeness (QED) is 0.639. The number of carbonyl (C=O) groups is 1. The first kappa shape index (κ1) is 13.1. The van der Waals surface area contributed by atoms with Gasteiger partial charge in [-0.25, -0.2) is 4.79 Å². The first-order valence-corrected chi connectivity index (χ1v) is 6.94. The average molecular weight is 342 g/mol. The smallest absolute Gasteiger partial charge is 0.317 e. The normalized spacial score (nSPS) is 21.6. The Balaban J connectivity index is 1.91. The van der Waals surface area contributed by atoms with Gasteiger partial charge in [0.2, 0.25) is 0 Å². The summed E-state index contributed by atoms with van der Waals surface area (Å²) < 4.78 is 0.595. The van der Waals surface area contributed by atoms with Crippen molar-refractivity contribution in [2.45, 2.75) is 6.04 Å². The number of nitrogens with zero attached hydrogens (tertiary/aromatic N) is 4. The highest BCUT2D eigenvalue weighted by atomic mass is 79.9. The highest BCUT2D eigenvalue weighted by molar-refractivity contribution is 9.10. The molecule has 0 aromatic carbocycles. The summed E-state index contributed by atoms with van der Waals surface area (Å²) in [6, 6.07) is -0.00568. The Morgan fingerprint density at radius 2 is 2.25 bits per heavy atom. The van der Waals surface area contributed by atoms with E-state index >= 15 is 0 Å². The Morgan fingerprint density at radius 3 is 3.00 bits per heavy atom. The van der Waals surface area contributed by atoms with E-state index in [1.54, 1.807) is 11.1 Å². The minimum Gasteiger partial charge on any atom is -0.361 e. The van der Waals surface area contributed by atoms with Crippen LogP contribution >= 0.6 is 15.9 Å². The summed E-state index contributed by atoms with van der Waals surface area (Å²) in [6.07, 6.45) is 2.80. The van der Waals surface area contributed by atoms with Gasteiger partial charge in [0.15, 0.2) is 0 Å². The van der Waals surface area contributed by atoms with Gasteiger partial charge in [0, 0.05) is 32.4 Å². The van der Waals surface area contributed by atoms with Gasteiger partial charge >= 0.3 is 11.7 Å². The number of carbonyl (C=O) groups excluding carboxylic acids is 1. The molecule has 0 spiro atoms. The summed E-state index contributed by atoms with van der Waals surface area (Å²) >= 11 is 3.33. The van der Waals surface area contributed by atoms with Crippen LogP contribution in [0.15, 0.2) is 16.9 Å². The van der Waals surface area contributed by atoms with E-state index in [1.165, 1.54) is 6.20 Å². The van der Waals surface area contributed by atoms with Gasteiger partial charge in [0.1, 0.15) is 11.9 Å². The average Bonchev–Trinajstić information content (AvgIpc) is 2.79. The minimum absolute atomic E-state index is 0.0230. The Kier molecular flexibility index (Phi) is 3.20. The van der Waals surface area contributed by atoms with Crippen molar-refractivity contribution in [3.05, 3.63) is 27.0 Å². The first-order valence-electron chi connectivity index (χ1n) is 6.15. The second-order valence-corrected chi connectivity index (χ2v) is 5.58. The maximum absolute atomic E-state index is 11.6. The number of nitrogens with one attached hydrogen (secondary N) is 1. The van der Waals surface area contributed by atoms with Crippen LogP contribution < -0.4 is 10.2 Å². The molecule has 0 radical (unpaired) electrons. The summed E-state index contributed by atoms with van der Waals surface area (Å²) in [6.45, 7) is 2.27. The maximum Gasteiger partial charge on any atom is 0.317 e. The molecule has 20 heavy (non-hydrogen) atoms. The number of urea groups is 1. The number of piperazine rings is 1. The van der Waals surface area contributed by atoms with Crippen LogP contribution in [-0.4, -0.2) is 53.1 Å². The number of aromatic nitrogens is 1. The van der Waals surface area contributed by atoms with Crippen LogP contribution in [0.4, 0.5) is 16.2 Å². The molecule has 0 aliphatic carbocycles. The molecule has 2 aliphatic rings. The van der Waals surface area contributed by atoms with Crippen molar-refractivity contribution < 1.29 is 9.72 Å². The largest absolute Gasteiger partial charge is 0.361 e. The van der Waals surface area contributed by atoms with Gasteiger partial charge in [0.05, 0.1) is 15.4 Å². The molecule has 1 aromatic rings. The lowest BCUT2D eigenvalue weighted by Crippen LogP contribution is -2.52. The van der Waals surface area contributed by atoms with Gasteiger partial charge in [0.25, 0.3) is 0 Å². The molecule has 2 saturated heterocycles. The number of pyridine rings is 1. The summed E-state index contributed by atoms with van der Waals surface area (Å²) in [5.41, 5.74) is 0.508. The maximum atomic E-state index is 11.6. The third-order valence-electron chi connectivity index (χ3n) is 3.60. The predicted molar refractivity (Wildman–Crippen MR) is 74.7 cm³/mol. The van der Waals surface area contributed by atoms with Crippen LogP contribution in [0.1, 0.15) is 0 Å². The molecule has 0 saturated carbocycles. The first-order chi connectivity index (χ1) is 9.58. The van der Waals surface area contributed by atoms with Crippen LogP contribution in [0.5, 0.6) is 0 Å². The van der Waals surface area contributed by atoms with Crippen LogP contribution in [0, 0.1) is 10.1 Å². The molecule has 106 valence electrons. The van der Waals surface area contributed by atoms with Crippen LogP contribution in [-0.2, 0) is 0 Å². The summed E-state index contributed by atoms with van der Waals surface area (Å²) in [5, 5.41) is 13.9. The molecular formula is C11H12BrN5O3. The molecule has 1 atom stereocenters. The van der Waals surface area contributed by atoms with Crippen LogP contribution in [0.2, 0.25) is 0 Å². The van der Waals surface area contributed by atoms with E-state index in [1.807, 2.05) is 4.90 Å². The summed E-state index contributed by atoms with van der Waals surface area (Å²) in [4.78, 5) is 29.8. The highest BCUT2D eigenvalue weighted by Gasteiger charge is 2.37. The fourth-order valence-corrected chi connectivity index (χ4v) is 3.24. The lowest BCUT2D eigenvalue weighted by Gasteiger charge is -2.37. The Bertz CT molecular complexity index is 581. The van der Waals surface area contributed by atoms with Crippen LogP contribution in [0.25, 0.3) is 0 Å². The molecule has 0 unspecified atom stereocenters. The monoisotopic (exact) mass is 341 g/mol. The number of halogens is 1. The lowest BCUT2D eigenvalue weighted by atomic mass is 10.1. The van der Waals surface area contributed by atoms with Crippen molar-refractivity contribution in [2.24, 2.45) is 0 Å². The van der Waals surface area contributed by atoms with E-state index in [9.17, 15) is 14.9 Å². The number of hydrogen-bond donors (Lipinski definition) is 1. The van der Waals surface area contributed by atoms with E-state index in [-0.39, 0.29) is 17.8 Å². The van der Waals surface area contributed by atoms with E-state index in [2.05, 4.69) is 26.2 Å². The molecule has 9 heteroatoms. The zero-order chi connectivity index (χ0) is 14.3. The zero-order valence-corrected chi connectivity index (χ0v) is 12.0. The zero-order valence-electron chi connectivity index (χ0n) is 10.5. The van der Waals surface area contributed by atoms with E-state index in [0.717, 1.165) is 0 Å². The van der Waals surface area contributed by atoms with Crippen molar-refractivity contribution in [2.75, 3.05) is 31.1 Å². The van der Waals surface area contributed by atoms with Crippen LogP contribution in [0.3, 0.4) is 0 Å². The standard InChI is InChI=1S/C11H12BrN5O3/c12-8-4-13-5-9(17(19)20)10(8)15-1-2-16-7(6-15)3-14-11(16)18/h4-5,7H,1-3,6H2,(H,14,18)/t7-/m1/s1. The molecule has 1 N–H and O–H groups in total. The third-order valence-corrected chi connectivity index (χ3v) is 4.18. The van der Waals surface area contributed by atoms with E-state index in [0.29, 0.717) is 36.3 Å². The third kappa shape index (κ3) is 2.07. The molecule has 3 heterocycles. The number of rotatable bonds is 2. The molecule has 2 fully saturated rings. The fourth-order valence-electron chi connectivity index (χ4n) is 2.67. The SMILES string of the molecule is O=C1NC[C@@H]2CN(c3c(Br)cncc3[N+](=O)[O-])CCN12. The number of amides is 2. The molecule has 1 aromatic heterocycles. The molecule has 8 nitrogen and oxygen atoms in total. The number of nitro groups is 1. The second-order valence-electron chi connectivity index (χ2n) is 4.73. The summed E-state index contributed by atoms with van der Waals surface area (Å²) in [7, 11) is 0. The van der Waals surface area contributed by atoms with Crippen molar-refractivity contribution in [3.8, 4) is 0 Å². The van der Waals surface area contributed by atoms with Crippen molar-refractivity contribution >= 4 is 33.3 Å². The van der Waals surface area contributed by atoms with Gasteiger partial charge < -0.3 is 15.1 Å². The van der Waals surface area contributed by atoms with Crippen molar-refractivity contribution in [1.82, 2.24) is 15.2 Å². The number of hydrogen-bond acceptors (Lipinski definition) is 5. The Morgan fingerprint density at radius 1 is 1.45 bits per heavy atom. The molecule has 0 bridgehead atoms. The number of anilines is 1. The molecular weight excluding hydrogens is 330 g/mol. The Hall–Kier alpha value is -1.90. The van der Waals surface area contributed by atoms with Crippen molar-refractivity contribution in [1.29, 1.82) is 0 Å². The lowest BCUT2D eigenvalue weighted by molar-refractivity contribution is -0.384. The summed E-state index contributed by atoms with van der Waals surface area (Å²) in [5.74, 6) is 0. The van der Waals surface area contributed by atoms with Gasteiger partial charge in [-0.15, -0.1) is 0 Å². The van der Waals surface area contributed by atoms with Gasteiger partial charge in [-0.2, -0.15) is 0 Å². The second kappa shape index (κ2) is 4.89. The Labute approximate surface area is 123 Å². The van der Waals surface area contributed by atoms with Gasteiger partial charge in [-0.05, 0) is 15.9 Å². The van der Waals surface area contributed by atoms with E-state index < -0.39 is 4.92 Å². The fraction of sp³-hybridized carbons (Fsp3) is 0.455.